The number of aliphatic carboxylic acids is 1. The molecule has 0 radical (unpaired) electrons. The standard InChI is InChI=1S/C4H7NO3/c6-2-1-5-3-4(7)8/h1,6H,2-3H2,(H,7,8). The van der Waals surface area contributed by atoms with Gasteiger partial charge in [-0.1, -0.05) is 0 Å². The van der Waals surface area contributed by atoms with Gasteiger partial charge in [0.15, 0.2) is 0 Å². The van der Waals surface area contributed by atoms with Gasteiger partial charge in [-0.15, -0.1) is 0 Å². The molecule has 0 saturated carbocycles. The normalized spacial score (nSPS) is 10.1. The van der Waals surface area contributed by atoms with Crippen molar-refractivity contribution in [3.05, 3.63) is 0 Å². The molecule has 0 aromatic rings. The molecule has 0 fully saturated rings. The number of rotatable bonds is 3. The van der Waals surface area contributed by atoms with Gasteiger partial charge in [0.25, 0.3) is 0 Å². The maximum absolute atomic E-state index is 9.68. The minimum absolute atomic E-state index is 0.201. The van der Waals surface area contributed by atoms with Crippen LogP contribution in [0.1, 0.15) is 0 Å². The highest BCUT2D eigenvalue weighted by Crippen LogP contribution is 1.65. The number of aliphatic hydroxyl groups is 1. The van der Waals surface area contributed by atoms with Crippen molar-refractivity contribution in [2.45, 2.75) is 0 Å². The van der Waals surface area contributed by atoms with Crippen molar-refractivity contribution in [3.63, 3.8) is 0 Å². The summed E-state index contributed by atoms with van der Waals surface area (Å²) in [5.74, 6) is -0.991. The Labute approximate surface area is 46.5 Å². The van der Waals surface area contributed by atoms with Crippen molar-refractivity contribution in [1.29, 1.82) is 0 Å². The van der Waals surface area contributed by atoms with Crippen LogP contribution in [0.3, 0.4) is 0 Å². The van der Waals surface area contributed by atoms with Crippen LogP contribution in [-0.2, 0) is 4.79 Å². The molecular weight excluding hydrogens is 110 g/mol. The van der Waals surface area contributed by atoms with Crippen molar-refractivity contribution in [2.24, 2.45) is 4.99 Å². The first kappa shape index (κ1) is 7.10. The highest BCUT2D eigenvalue weighted by molar-refractivity contribution is 5.72. The van der Waals surface area contributed by atoms with Gasteiger partial charge >= 0.3 is 5.97 Å². The number of hydrogen-bond acceptors (Lipinski definition) is 3. The zero-order valence-electron chi connectivity index (χ0n) is 4.24. The van der Waals surface area contributed by atoms with Crippen molar-refractivity contribution >= 4 is 12.2 Å². The molecule has 0 atom stereocenters. The predicted octanol–water partition coefficient (Wildman–Crippen LogP) is -0.866. The third-order valence-electron chi connectivity index (χ3n) is 0.437. The number of aliphatic imine (C=N–C) groups is 1. The van der Waals surface area contributed by atoms with Crippen LogP contribution in [0.25, 0.3) is 0 Å². The van der Waals surface area contributed by atoms with Gasteiger partial charge in [-0.3, -0.25) is 9.79 Å². The van der Waals surface area contributed by atoms with Crippen molar-refractivity contribution < 1.29 is 15.0 Å². The lowest BCUT2D eigenvalue weighted by atomic mass is 10.7. The maximum atomic E-state index is 9.68. The highest BCUT2D eigenvalue weighted by Gasteiger charge is 1.87. The predicted molar refractivity (Wildman–Crippen MR) is 28.1 cm³/mol. The number of nitrogens with zero attached hydrogens (tertiary/aromatic N) is 1. The monoisotopic (exact) mass is 117 g/mol. The minimum atomic E-state index is -0.991. The average molecular weight is 117 g/mol. The van der Waals surface area contributed by atoms with E-state index >= 15 is 0 Å². The molecular formula is C4H7NO3. The molecule has 46 valence electrons. The van der Waals surface area contributed by atoms with Crippen LogP contribution in [-0.4, -0.2) is 35.5 Å². The summed E-state index contributed by atoms with van der Waals surface area (Å²) >= 11 is 0. The van der Waals surface area contributed by atoms with Gasteiger partial charge in [0, 0.05) is 6.21 Å². The number of carbonyl (C=O) groups is 1. The van der Waals surface area contributed by atoms with Gasteiger partial charge in [0.2, 0.25) is 0 Å². The van der Waals surface area contributed by atoms with E-state index in [4.69, 9.17) is 10.2 Å². The lowest BCUT2D eigenvalue weighted by Gasteiger charge is -1.80. The fraction of sp³-hybridized carbons (Fsp3) is 0.500. The fourth-order valence-electron chi connectivity index (χ4n) is 0.200. The molecule has 0 amide bonds. The number of carboxylic acids is 1. The Morgan fingerprint density at radius 2 is 2.38 bits per heavy atom. The Kier molecular flexibility index (Phi) is 3.78. The van der Waals surface area contributed by atoms with Crippen LogP contribution in [0.15, 0.2) is 4.99 Å². The van der Waals surface area contributed by atoms with Crippen molar-refractivity contribution in [2.75, 3.05) is 13.2 Å². The fourth-order valence-corrected chi connectivity index (χ4v) is 0.200. The molecule has 0 aliphatic heterocycles. The summed E-state index contributed by atoms with van der Waals surface area (Å²) < 4.78 is 0. The lowest BCUT2D eigenvalue weighted by Crippen LogP contribution is -1.99. The Morgan fingerprint density at radius 3 is 2.75 bits per heavy atom. The summed E-state index contributed by atoms with van der Waals surface area (Å²) in [5, 5.41) is 16.0. The third kappa shape index (κ3) is 5.10. The molecule has 0 heterocycles. The Morgan fingerprint density at radius 1 is 1.75 bits per heavy atom. The van der Waals surface area contributed by atoms with Crippen LogP contribution in [0, 0.1) is 0 Å². The first-order chi connectivity index (χ1) is 3.77. The van der Waals surface area contributed by atoms with E-state index in [9.17, 15) is 4.79 Å². The van der Waals surface area contributed by atoms with Gasteiger partial charge in [-0.2, -0.15) is 0 Å². The zero-order valence-corrected chi connectivity index (χ0v) is 4.24. The minimum Gasteiger partial charge on any atom is -0.480 e. The van der Waals surface area contributed by atoms with E-state index in [1.807, 2.05) is 0 Å². The second-order valence-corrected chi connectivity index (χ2v) is 1.10. The van der Waals surface area contributed by atoms with Gasteiger partial charge in [-0.05, 0) is 0 Å². The van der Waals surface area contributed by atoms with Gasteiger partial charge in [0.05, 0.1) is 6.61 Å². The molecule has 0 saturated heterocycles. The van der Waals surface area contributed by atoms with Crippen molar-refractivity contribution in [3.8, 4) is 0 Å². The van der Waals surface area contributed by atoms with Crippen molar-refractivity contribution in [1.82, 2.24) is 0 Å². The highest BCUT2D eigenvalue weighted by atomic mass is 16.4. The Hall–Kier alpha value is -0.900. The topological polar surface area (TPSA) is 69.9 Å². The summed E-state index contributed by atoms with van der Waals surface area (Å²) in [6, 6.07) is 0. The van der Waals surface area contributed by atoms with E-state index in [1.54, 1.807) is 0 Å². The molecule has 4 nitrogen and oxygen atoms in total. The molecule has 0 aliphatic carbocycles. The SMILES string of the molecule is O=C(O)CN=CCO. The number of aliphatic hydroxyl groups excluding tert-OH is 1. The first-order valence-electron chi connectivity index (χ1n) is 2.08. The third-order valence-corrected chi connectivity index (χ3v) is 0.437. The quantitative estimate of drug-likeness (QED) is 0.472. The summed E-state index contributed by atoms with van der Waals surface area (Å²) in [7, 11) is 0. The first-order valence-corrected chi connectivity index (χ1v) is 2.08. The summed E-state index contributed by atoms with van der Waals surface area (Å²) in [4.78, 5) is 13.0. The van der Waals surface area contributed by atoms with E-state index in [2.05, 4.69) is 4.99 Å². The molecule has 2 N–H and O–H groups in total. The number of carboxylic acid groups (broad SMARTS) is 1. The van der Waals surface area contributed by atoms with Crippen LogP contribution < -0.4 is 0 Å². The maximum Gasteiger partial charge on any atom is 0.325 e. The van der Waals surface area contributed by atoms with Gasteiger partial charge in [0.1, 0.15) is 6.54 Å². The Balaban J connectivity index is 3.16. The molecule has 4 heteroatoms. The largest absolute Gasteiger partial charge is 0.480 e. The molecule has 0 rings (SSSR count). The molecule has 0 bridgehead atoms. The molecule has 0 spiro atoms. The summed E-state index contributed by atoms with van der Waals surface area (Å²) in [6.45, 7) is -0.464. The van der Waals surface area contributed by atoms with Crippen LogP contribution >= 0.6 is 0 Å². The van der Waals surface area contributed by atoms with E-state index in [0.29, 0.717) is 0 Å². The number of hydrogen-bond donors (Lipinski definition) is 2. The van der Waals surface area contributed by atoms with Crippen LogP contribution in [0.5, 0.6) is 0 Å². The van der Waals surface area contributed by atoms with E-state index < -0.39 is 5.97 Å². The molecule has 8 heavy (non-hydrogen) atoms. The molecule has 0 aromatic heterocycles. The van der Waals surface area contributed by atoms with Crippen LogP contribution in [0.4, 0.5) is 0 Å². The zero-order chi connectivity index (χ0) is 6.41. The van der Waals surface area contributed by atoms with E-state index in [0.717, 1.165) is 6.21 Å². The summed E-state index contributed by atoms with van der Waals surface area (Å²) in [6.07, 6.45) is 1.15. The summed E-state index contributed by atoms with van der Waals surface area (Å²) in [5.41, 5.74) is 0. The second-order valence-electron chi connectivity index (χ2n) is 1.10. The van der Waals surface area contributed by atoms with Crippen LogP contribution in [0.2, 0.25) is 0 Å². The molecule has 0 unspecified atom stereocenters. The van der Waals surface area contributed by atoms with E-state index in [1.165, 1.54) is 0 Å². The lowest BCUT2D eigenvalue weighted by molar-refractivity contribution is -0.135. The molecule has 0 aromatic carbocycles. The van der Waals surface area contributed by atoms with Gasteiger partial charge < -0.3 is 10.2 Å². The average Bonchev–Trinajstić information content (AvgIpc) is 1.66. The van der Waals surface area contributed by atoms with Gasteiger partial charge in [-0.25, -0.2) is 0 Å². The second kappa shape index (κ2) is 4.26. The smallest absolute Gasteiger partial charge is 0.325 e. The molecule has 0 aliphatic rings. The van der Waals surface area contributed by atoms with E-state index in [-0.39, 0.29) is 13.2 Å². The Bertz CT molecular complexity index is 99.5.